The van der Waals surface area contributed by atoms with Gasteiger partial charge in [-0.2, -0.15) is 0 Å². The van der Waals surface area contributed by atoms with Crippen LogP contribution in [0.25, 0.3) is 0 Å². The molecule has 0 bridgehead atoms. The molecule has 9 atom stereocenters. The van der Waals surface area contributed by atoms with E-state index in [1.807, 2.05) is 0 Å². The van der Waals surface area contributed by atoms with Crippen molar-refractivity contribution in [1.82, 2.24) is 0 Å². The van der Waals surface area contributed by atoms with Crippen molar-refractivity contribution < 1.29 is 9.53 Å². The molecule has 0 spiro atoms. The lowest BCUT2D eigenvalue weighted by molar-refractivity contribution is -0.151. The molecule has 0 amide bonds. The zero-order chi connectivity index (χ0) is 39.5. The maximum atomic E-state index is 12.9. The fourth-order valence-corrected chi connectivity index (χ4v) is 12.5. The molecular formula is C53H94O2. The molecule has 4 rings (SSSR count). The number of esters is 1. The lowest BCUT2D eigenvalue weighted by Gasteiger charge is -2.58. The summed E-state index contributed by atoms with van der Waals surface area (Å²) < 4.78 is 6.16. The minimum atomic E-state index is 0.0624. The first-order chi connectivity index (χ1) is 26.6. The third-order valence-electron chi connectivity index (χ3n) is 16.6. The van der Waals surface area contributed by atoms with Crippen molar-refractivity contribution in [2.24, 2.45) is 52.3 Å². The molecule has 2 heteroatoms. The highest BCUT2D eigenvalue weighted by Crippen LogP contribution is 2.67. The lowest BCUT2D eigenvalue weighted by atomic mass is 9.47. The molecule has 4 aliphatic rings. The number of carbonyl (C=O) groups is 1. The van der Waals surface area contributed by atoms with Gasteiger partial charge < -0.3 is 4.74 Å². The van der Waals surface area contributed by atoms with Crippen LogP contribution >= 0.6 is 0 Å². The van der Waals surface area contributed by atoms with Crippen LogP contribution in [0.4, 0.5) is 0 Å². The second-order valence-electron chi connectivity index (χ2n) is 20.9. The van der Waals surface area contributed by atoms with Gasteiger partial charge in [-0.1, -0.05) is 207 Å². The summed E-state index contributed by atoms with van der Waals surface area (Å²) in [6, 6.07) is 0. The number of ether oxygens (including phenoxy) is 1. The number of unbranched alkanes of at least 4 members (excludes halogenated alkanes) is 21. The minimum Gasteiger partial charge on any atom is -0.462 e. The quantitative estimate of drug-likeness (QED) is 0.0451. The molecule has 0 aromatic carbocycles. The third kappa shape index (κ3) is 14.3. The van der Waals surface area contributed by atoms with Crippen LogP contribution in [0.5, 0.6) is 0 Å². The van der Waals surface area contributed by atoms with E-state index in [4.69, 9.17) is 4.74 Å². The average Bonchev–Trinajstić information content (AvgIpc) is 3.53. The molecule has 0 N–H and O–H groups in total. The van der Waals surface area contributed by atoms with E-state index in [-0.39, 0.29) is 12.1 Å². The number of rotatable bonds is 28. The second-order valence-corrected chi connectivity index (χ2v) is 20.9. The van der Waals surface area contributed by atoms with Crippen LogP contribution in [0.3, 0.4) is 0 Å². The van der Waals surface area contributed by atoms with Gasteiger partial charge in [0.05, 0.1) is 0 Å². The van der Waals surface area contributed by atoms with Gasteiger partial charge in [0.1, 0.15) is 6.10 Å². The van der Waals surface area contributed by atoms with E-state index in [1.165, 1.54) is 173 Å². The monoisotopic (exact) mass is 763 g/mol. The summed E-state index contributed by atoms with van der Waals surface area (Å²) in [6.45, 7) is 17.2. The topological polar surface area (TPSA) is 26.3 Å². The van der Waals surface area contributed by atoms with Crippen LogP contribution < -0.4 is 0 Å². The molecule has 0 saturated heterocycles. The Balaban J connectivity index is 1.01. The van der Waals surface area contributed by atoms with Gasteiger partial charge in [-0.3, -0.25) is 4.79 Å². The molecule has 2 nitrogen and oxygen atoms in total. The summed E-state index contributed by atoms with van der Waals surface area (Å²) in [4.78, 5) is 12.9. The Hall–Kier alpha value is -1.05. The number of hydrogen-bond acceptors (Lipinski definition) is 2. The van der Waals surface area contributed by atoms with Crippen molar-refractivity contribution in [3.8, 4) is 0 Å². The Morgan fingerprint density at radius 3 is 1.73 bits per heavy atom. The molecule has 318 valence electrons. The smallest absolute Gasteiger partial charge is 0.306 e. The van der Waals surface area contributed by atoms with E-state index in [1.54, 1.807) is 5.57 Å². The fraction of sp³-hybridized carbons (Fsp3) is 0.906. The molecule has 3 fully saturated rings. The average molecular weight is 763 g/mol. The summed E-state index contributed by atoms with van der Waals surface area (Å²) in [5.41, 5.74) is 2.45. The Morgan fingerprint density at radius 2 is 1.20 bits per heavy atom. The van der Waals surface area contributed by atoms with Crippen LogP contribution in [0, 0.1) is 52.3 Å². The Bertz CT molecular complexity index is 1120. The van der Waals surface area contributed by atoms with Crippen molar-refractivity contribution in [2.75, 3.05) is 0 Å². The molecule has 3 saturated carbocycles. The SMILES string of the molecule is CCCCCCCCCCCCCCCCCCCCCCCCC(=O)OC1CCC2(C)C(=CCC3C2CCC2(C)C(C(C)/C=C/C(C)C(C)C)CCC32)C1. The van der Waals surface area contributed by atoms with Crippen LogP contribution in [0.2, 0.25) is 0 Å². The van der Waals surface area contributed by atoms with Gasteiger partial charge >= 0.3 is 5.97 Å². The second kappa shape index (κ2) is 24.8. The standard InChI is InChI=1S/C53H94O2/c1-8-9-10-11-12-13-14-15-16-17-18-19-20-21-22-23-24-25-26-27-28-29-30-51(54)55-46-37-39-52(6)45(41-46)33-34-47-49-36-35-48(53(49,7)40-38-50(47)52)44(5)32-31-43(4)42(2)3/h31-33,42-44,46-50H,8-30,34-41H2,1-7H3/b32-31+. The van der Waals surface area contributed by atoms with Gasteiger partial charge in [-0.05, 0) is 104 Å². The summed E-state index contributed by atoms with van der Waals surface area (Å²) in [5, 5.41) is 0. The van der Waals surface area contributed by atoms with E-state index in [2.05, 4.69) is 66.7 Å². The third-order valence-corrected chi connectivity index (χ3v) is 16.6. The van der Waals surface area contributed by atoms with Gasteiger partial charge in [0.15, 0.2) is 0 Å². The molecule has 0 heterocycles. The van der Waals surface area contributed by atoms with Crippen molar-refractivity contribution >= 4 is 5.97 Å². The maximum absolute atomic E-state index is 12.9. The zero-order valence-corrected chi connectivity index (χ0v) is 38.1. The van der Waals surface area contributed by atoms with Gasteiger partial charge in [-0.25, -0.2) is 0 Å². The van der Waals surface area contributed by atoms with Crippen LogP contribution in [-0.2, 0) is 9.53 Å². The van der Waals surface area contributed by atoms with Crippen molar-refractivity contribution in [3.63, 3.8) is 0 Å². The lowest BCUT2D eigenvalue weighted by Crippen LogP contribution is -2.51. The number of hydrogen-bond donors (Lipinski definition) is 0. The number of fused-ring (bicyclic) bond motifs is 5. The highest BCUT2D eigenvalue weighted by atomic mass is 16.5. The van der Waals surface area contributed by atoms with Crippen LogP contribution in [-0.4, -0.2) is 12.1 Å². The van der Waals surface area contributed by atoms with Crippen molar-refractivity contribution in [1.29, 1.82) is 0 Å². The van der Waals surface area contributed by atoms with Gasteiger partial charge in [0, 0.05) is 12.8 Å². The first kappa shape index (κ1) is 46.6. The molecule has 0 radical (unpaired) electrons. The highest BCUT2D eigenvalue weighted by molar-refractivity contribution is 5.69. The predicted octanol–water partition coefficient (Wildman–Crippen LogP) is 17.0. The largest absolute Gasteiger partial charge is 0.462 e. The van der Waals surface area contributed by atoms with E-state index < -0.39 is 0 Å². The van der Waals surface area contributed by atoms with E-state index in [0.717, 1.165) is 48.9 Å². The first-order valence-corrected chi connectivity index (χ1v) is 25.2. The molecule has 0 aromatic rings. The summed E-state index contributed by atoms with van der Waals surface area (Å²) >= 11 is 0. The van der Waals surface area contributed by atoms with E-state index in [9.17, 15) is 4.79 Å². The molecule has 9 unspecified atom stereocenters. The summed E-state index contributed by atoms with van der Waals surface area (Å²) in [6.07, 6.45) is 49.3. The Morgan fingerprint density at radius 1 is 0.673 bits per heavy atom. The first-order valence-electron chi connectivity index (χ1n) is 25.2. The normalized spacial score (nSPS) is 30.2. The Labute approximate surface area is 344 Å². The maximum Gasteiger partial charge on any atom is 0.306 e. The summed E-state index contributed by atoms with van der Waals surface area (Å²) in [7, 11) is 0. The zero-order valence-electron chi connectivity index (χ0n) is 38.1. The van der Waals surface area contributed by atoms with Crippen LogP contribution in [0.15, 0.2) is 23.8 Å². The molecular weight excluding hydrogens is 669 g/mol. The molecule has 4 aliphatic carbocycles. The van der Waals surface area contributed by atoms with Gasteiger partial charge in [0.25, 0.3) is 0 Å². The Kier molecular flexibility index (Phi) is 21.0. The summed E-state index contributed by atoms with van der Waals surface area (Å²) in [5.74, 6) is 5.49. The molecule has 0 aromatic heterocycles. The molecule has 55 heavy (non-hydrogen) atoms. The number of allylic oxidation sites excluding steroid dienone is 3. The van der Waals surface area contributed by atoms with Crippen molar-refractivity contribution in [2.45, 2.75) is 254 Å². The van der Waals surface area contributed by atoms with Gasteiger partial charge in [0.2, 0.25) is 0 Å². The van der Waals surface area contributed by atoms with Crippen molar-refractivity contribution in [3.05, 3.63) is 23.8 Å². The van der Waals surface area contributed by atoms with E-state index >= 15 is 0 Å². The van der Waals surface area contributed by atoms with E-state index in [0.29, 0.717) is 29.1 Å². The van der Waals surface area contributed by atoms with Crippen LogP contribution in [0.1, 0.15) is 248 Å². The predicted molar refractivity (Wildman–Crippen MR) is 239 cm³/mol. The molecule has 0 aliphatic heterocycles. The highest BCUT2D eigenvalue weighted by Gasteiger charge is 2.59. The number of carbonyl (C=O) groups excluding carboxylic acids is 1. The fourth-order valence-electron chi connectivity index (χ4n) is 12.5. The van der Waals surface area contributed by atoms with Gasteiger partial charge in [-0.15, -0.1) is 0 Å². The minimum absolute atomic E-state index is 0.0624.